The van der Waals surface area contributed by atoms with E-state index in [9.17, 15) is 0 Å². The van der Waals surface area contributed by atoms with Gasteiger partial charge in [0.15, 0.2) is 0 Å². The van der Waals surface area contributed by atoms with E-state index in [1.54, 1.807) is 0 Å². The van der Waals surface area contributed by atoms with Crippen molar-refractivity contribution in [3.63, 3.8) is 0 Å². The third-order valence-electron chi connectivity index (χ3n) is 0. The molecule has 290 valence electrons. The molecular weight excluding hydrogens is 743 g/mol. The Bertz CT molecular complexity index is 580. The molecular formula is C12H25NaO36. The number of carboxylic acid groups (broad SMARTS) is 24. The minimum absolute atomic E-state index is 0. The van der Waals surface area contributed by atoms with Crippen LogP contribution < -0.4 is 0 Å². The van der Waals surface area contributed by atoms with Crippen LogP contribution >= 0.6 is 0 Å². The second-order valence-corrected chi connectivity index (χ2v) is 3.39. The molecule has 0 amide bonds. The quantitative estimate of drug-likeness (QED) is 0.157. The van der Waals surface area contributed by atoms with Gasteiger partial charge < -0.3 is 123 Å². The monoisotopic (exact) mass is 768 g/mol. The fourth-order valence-electron chi connectivity index (χ4n) is 0. The van der Waals surface area contributed by atoms with Crippen molar-refractivity contribution in [1.29, 1.82) is 0 Å². The standard InChI is InChI=1S/12CH2O3.Na.H/c12*2-1(3)4;;/h12*(H2,2,3,4);;. The molecule has 0 rings (SSSR count). The Morgan fingerprint density at radius 2 is 0.143 bits per heavy atom. The molecule has 0 aromatic carbocycles. The van der Waals surface area contributed by atoms with E-state index in [-0.39, 0.29) is 29.6 Å². The van der Waals surface area contributed by atoms with Gasteiger partial charge in [0.1, 0.15) is 0 Å². The van der Waals surface area contributed by atoms with E-state index >= 15 is 0 Å². The van der Waals surface area contributed by atoms with Gasteiger partial charge in [0.05, 0.1) is 0 Å². The molecule has 0 aliphatic rings. The van der Waals surface area contributed by atoms with Crippen LogP contribution in [0.2, 0.25) is 0 Å². The average molecular weight is 768 g/mol. The molecule has 49 heavy (non-hydrogen) atoms. The molecule has 0 spiro atoms. The van der Waals surface area contributed by atoms with Crippen LogP contribution in [0.15, 0.2) is 0 Å². The van der Waals surface area contributed by atoms with E-state index in [1.165, 1.54) is 0 Å². The SMILES string of the molecule is O=C(O)O.O=C(O)O.O=C(O)O.O=C(O)O.O=C(O)O.O=C(O)O.O=C(O)O.O=C(O)O.O=C(O)O.O=C(O)O.O=C(O)O.O=C(O)O.[NaH]. The molecule has 0 saturated carbocycles. The fourth-order valence-corrected chi connectivity index (χ4v) is 0. The summed E-state index contributed by atoms with van der Waals surface area (Å²) in [6.07, 6.45) is -22.0. The normalized spacial score (nSPS) is 5.88. The Hall–Kier alpha value is -7.76. The van der Waals surface area contributed by atoms with E-state index < -0.39 is 73.9 Å². The molecule has 37 heteroatoms. The Morgan fingerprint density at radius 3 is 0.143 bits per heavy atom. The van der Waals surface area contributed by atoms with Crippen molar-refractivity contribution in [2.45, 2.75) is 0 Å². The van der Waals surface area contributed by atoms with Crippen molar-refractivity contribution in [3.05, 3.63) is 0 Å². The molecule has 0 aromatic rings. The number of carbonyl (C=O) groups is 12. The summed E-state index contributed by atoms with van der Waals surface area (Å²) in [7, 11) is 0. The predicted octanol–water partition coefficient (Wildman–Crippen LogP) is 2.02. The van der Waals surface area contributed by atoms with Crippen LogP contribution in [-0.2, 0) is 0 Å². The van der Waals surface area contributed by atoms with Crippen LogP contribution in [0, 0.1) is 0 Å². The second-order valence-electron chi connectivity index (χ2n) is 3.39. The van der Waals surface area contributed by atoms with Crippen molar-refractivity contribution in [3.8, 4) is 0 Å². The molecule has 0 bridgehead atoms. The van der Waals surface area contributed by atoms with Gasteiger partial charge in [0.2, 0.25) is 0 Å². The van der Waals surface area contributed by atoms with Crippen molar-refractivity contribution < 1.29 is 180 Å². The van der Waals surface area contributed by atoms with Crippen molar-refractivity contribution in [2.75, 3.05) is 0 Å². The Balaban J connectivity index is -0.0000000262. The third kappa shape index (κ3) is 977. The molecule has 0 fully saturated rings. The van der Waals surface area contributed by atoms with E-state index in [2.05, 4.69) is 0 Å². The summed E-state index contributed by atoms with van der Waals surface area (Å²) < 4.78 is 0. The zero-order valence-corrected chi connectivity index (χ0v) is 21.6. The molecule has 0 atom stereocenters. The molecule has 0 saturated heterocycles. The molecule has 0 radical (unpaired) electrons. The van der Waals surface area contributed by atoms with Gasteiger partial charge in [-0.15, -0.1) is 0 Å². The van der Waals surface area contributed by atoms with E-state index in [4.69, 9.17) is 180 Å². The van der Waals surface area contributed by atoms with Crippen LogP contribution in [0.1, 0.15) is 0 Å². The van der Waals surface area contributed by atoms with Gasteiger partial charge in [-0.3, -0.25) is 0 Å². The fraction of sp³-hybridized carbons (Fsp3) is 0. The molecule has 0 heterocycles. The first kappa shape index (κ1) is 83.7. The zero-order chi connectivity index (χ0) is 42.9. The van der Waals surface area contributed by atoms with Crippen molar-refractivity contribution >= 4 is 103 Å². The first-order chi connectivity index (χ1) is 20.8. The predicted molar refractivity (Wildman–Crippen MR) is 135 cm³/mol. The topological polar surface area (TPSA) is 690 Å². The van der Waals surface area contributed by atoms with E-state index in [0.717, 1.165) is 0 Å². The van der Waals surface area contributed by atoms with Gasteiger partial charge in [-0.05, 0) is 0 Å². The Labute approximate surface area is 283 Å². The molecule has 24 N–H and O–H groups in total. The zero-order valence-electron chi connectivity index (χ0n) is 21.6. The van der Waals surface area contributed by atoms with Gasteiger partial charge in [-0.1, -0.05) is 0 Å². The summed E-state index contributed by atoms with van der Waals surface area (Å²) in [5.74, 6) is 0. The molecule has 0 aliphatic heterocycles. The number of hydrogen-bond acceptors (Lipinski definition) is 12. The van der Waals surface area contributed by atoms with Crippen LogP contribution in [0.25, 0.3) is 0 Å². The summed E-state index contributed by atoms with van der Waals surface area (Å²) in [6.45, 7) is 0. The Morgan fingerprint density at radius 1 is 0.143 bits per heavy atom. The van der Waals surface area contributed by atoms with Crippen LogP contribution in [0.3, 0.4) is 0 Å². The average Bonchev–Trinajstić information content (AvgIpc) is 2.61. The molecule has 0 unspecified atom stereocenters. The maximum absolute atomic E-state index is 8.56. The summed E-state index contributed by atoms with van der Waals surface area (Å²) >= 11 is 0. The van der Waals surface area contributed by atoms with Gasteiger partial charge >= 0.3 is 103 Å². The molecule has 0 aliphatic carbocycles. The van der Waals surface area contributed by atoms with Gasteiger partial charge in [-0.25, -0.2) is 57.5 Å². The number of hydrogen-bond donors (Lipinski definition) is 24. The summed E-state index contributed by atoms with van der Waals surface area (Å²) in [5.41, 5.74) is 0. The number of rotatable bonds is 0. The van der Waals surface area contributed by atoms with Gasteiger partial charge in [-0.2, -0.15) is 0 Å². The van der Waals surface area contributed by atoms with Gasteiger partial charge in [0, 0.05) is 0 Å². The van der Waals surface area contributed by atoms with Crippen LogP contribution in [0.5, 0.6) is 0 Å². The van der Waals surface area contributed by atoms with Crippen molar-refractivity contribution in [2.24, 2.45) is 0 Å². The van der Waals surface area contributed by atoms with E-state index in [0.29, 0.717) is 0 Å². The van der Waals surface area contributed by atoms with Crippen molar-refractivity contribution in [1.82, 2.24) is 0 Å². The maximum atomic E-state index is 8.56. The first-order valence-electron chi connectivity index (χ1n) is 7.82. The minimum atomic E-state index is -1.83. The molecule has 36 nitrogen and oxygen atoms in total. The van der Waals surface area contributed by atoms with Gasteiger partial charge in [0.25, 0.3) is 0 Å². The first-order valence-corrected chi connectivity index (χ1v) is 7.82. The summed E-state index contributed by atoms with van der Waals surface area (Å²) in [4.78, 5) is 103. The molecule has 0 aromatic heterocycles. The Kier molecular flexibility index (Phi) is 133. The summed E-state index contributed by atoms with van der Waals surface area (Å²) in [5, 5.41) is 167. The summed E-state index contributed by atoms with van der Waals surface area (Å²) in [6, 6.07) is 0. The second kappa shape index (κ2) is 77.7. The third-order valence-corrected chi connectivity index (χ3v) is 0. The van der Waals surface area contributed by atoms with Crippen LogP contribution in [0.4, 0.5) is 57.5 Å². The van der Waals surface area contributed by atoms with E-state index in [1.807, 2.05) is 0 Å². The van der Waals surface area contributed by atoms with Crippen LogP contribution in [-0.4, -0.2) is 226 Å².